The fourth-order valence-corrected chi connectivity index (χ4v) is 2.39. The highest BCUT2D eigenvalue weighted by Crippen LogP contribution is 2.38. The van der Waals surface area contributed by atoms with Crippen molar-refractivity contribution in [1.29, 1.82) is 0 Å². The number of benzene rings is 1. The zero-order valence-electron chi connectivity index (χ0n) is 9.04. The van der Waals surface area contributed by atoms with E-state index in [9.17, 15) is 9.50 Å². The van der Waals surface area contributed by atoms with Crippen molar-refractivity contribution in [1.82, 2.24) is 0 Å². The number of hydrogen-bond donors (Lipinski definition) is 1. The van der Waals surface area contributed by atoms with Gasteiger partial charge in [0.05, 0.1) is 12.2 Å². The van der Waals surface area contributed by atoms with E-state index in [2.05, 4.69) is 0 Å². The fraction of sp³-hybridized carbons (Fsp3) is 0.500. The second-order valence-electron chi connectivity index (χ2n) is 4.33. The maximum absolute atomic E-state index is 13.2. The van der Waals surface area contributed by atoms with Crippen LogP contribution in [-0.2, 0) is 10.3 Å². The molecule has 0 amide bonds. The molecule has 2 unspecified atom stereocenters. The SMILES string of the molecule is CC(O)(c1cc(F)ccc1Cl)C1CCOC1. The summed E-state index contributed by atoms with van der Waals surface area (Å²) in [5.41, 5.74) is -0.708. The first-order valence-electron chi connectivity index (χ1n) is 5.27. The molecule has 0 spiro atoms. The summed E-state index contributed by atoms with van der Waals surface area (Å²) in [4.78, 5) is 0. The predicted octanol–water partition coefficient (Wildman–Crippen LogP) is 2.72. The van der Waals surface area contributed by atoms with E-state index in [1.54, 1.807) is 6.92 Å². The lowest BCUT2D eigenvalue weighted by molar-refractivity contribution is -0.00985. The van der Waals surface area contributed by atoms with Gasteiger partial charge in [-0.15, -0.1) is 0 Å². The molecule has 2 nitrogen and oxygen atoms in total. The lowest BCUT2D eigenvalue weighted by Gasteiger charge is -2.30. The Hall–Kier alpha value is -0.640. The third-order valence-electron chi connectivity index (χ3n) is 3.20. The number of ether oxygens (including phenoxy) is 1. The van der Waals surface area contributed by atoms with Crippen LogP contribution < -0.4 is 0 Å². The van der Waals surface area contributed by atoms with Crippen molar-refractivity contribution in [2.45, 2.75) is 18.9 Å². The molecular weight excluding hydrogens is 231 g/mol. The standard InChI is InChI=1S/C12H14ClFO2/c1-12(15,8-4-5-16-7-8)10-6-9(14)2-3-11(10)13/h2-3,6,8,15H,4-5,7H2,1H3. The van der Waals surface area contributed by atoms with Gasteiger partial charge in [-0.25, -0.2) is 4.39 Å². The maximum atomic E-state index is 13.2. The number of rotatable bonds is 2. The molecule has 1 aromatic carbocycles. The first kappa shape index (κ1) is 11.8. The lowest BCUT2D eigenvalue weighted by Crippen LogP contribution is -2.32. The molecule has 1 N–H and O–H groups in total. The van der Waals surface area contributed by atoms with Gasteiger partial charge < -0.3 is 9.84 Å². The van der Waals surface area contributed by atoms with Crippen LogP contribution in [-0.4, -0.2) is 18.3 Å². The summed E-state index contributed by atoms with van der Waals surface area (Å²) >= 11 is 5.99. The Kier molecular flexibility index (Phi) is 3.19. The van der Waals surface area contributed by atoms with Crippen LogP contribution in [0.2, 0.25) is 5.02 Å². The van der Waals surface area contributed by atoms with Crippen molar-refractivity contribution in [3.63, 3.8) is 0 Å². The first-order valence-corrected chi connectivity index (χ1v) is 5.65. The summed E-state index contributed by atoms with van der Waals surface area (Å²) in [7, 11) is 0. The third-order valence-corrected chi connectivity index (χ3v) is 3.53. The summed E-state index contributed by atoms with van der Waals surface area (Å²) in [5.74, 6) is -0.426. The topological polar surface area (TPSA) is 29.5 Å². The summed E-state index contributed by atoms with van der Waals surface area (Å²) in [6, 6.07) is 4.05. The van der Waals surface area contributed by atoms with Crippen LogP contribution >= 0.6 is 11.6 Å². The minimum atomic E-state index is -1.14. The van der Waals surface area contributed by atoms with Gasteiger partial charge >= 0.3 is 0 Å². The van der Waals surface area contributed by atoms with Crippen LogP contribution in [0.3, 0.4) is 0 Å². The molecule has 0 bridgehead atoms. The van der Waals surface area contributed by atoms with Crippen LogP contribution in [0, 0.1) is 11.7 Å². The van der Waals surface area contributed by atoms with E-state index in [0.29, 0.717) is 23.8 Å². The van der Waals surface area contributed by atoms with Gasteiger partial charge in [0.25, 0.3) is 0 Å². The highest BCUT2D eigenvalue weighted by molar-refractivity contribution is 6.31. The van der Waals surface area contributed by atoms with Gasteiger partial charge in [0.2, 0.25) is 0 Å². The Bertz CT molecular complexity index is 387. The molecule has 1 aliphatic heterocycles. The molecule has 0 aromatic heterocycles. The molecule has 4 heteroatoms. The molecule has 1 saturated heterocycles. The molecule has 16 heavy (non-hydrogen) atoms. The molecule has 0 saturated carbocycles. The fourth-order valence-electron chi connectivity index (χ4n) is 2.08. The van der Waals surface area contributed by atoms with Crippen LogP contribution in [0.5, 0.6) is 0 Å². The van der Waals surface area contributed by atoms with Crippen LogP contribution in [0.25, 0.3) is 0 Å². The van der Waals surface area contributed by atoms with Gasteiger partial charge in [-0.05, 0) is 31.5 Å². The van der Waals surface area contributed by atoms with Gasteiger partial charge in [-0.1, -0.05) is 11.6 Å². The Morgan fingerprint density at radius 2 is 2.31 bits per heavy atom. The van der Waals surface area contributed by atoms with Gasteiger partial charge in [-0.2, -0.15) is 0 Å². The van der Waals surface area contributed by atoms with Crippen molar-refractivity contribution in [2.24, 2.45) is 5.92 Å². The molecule has 2 atom stereocenters. The Balaban J connectivity index is 2.37. The molecule has 1 aromatic rings. The molecule has 1 aliphatic rings. The summed E-state index contributed by atoms with van der Waals surface area (Å²) in [5, 5.41) is 10.8. The quantitative estimate of drug-likeness (QED) is 0.867. The Morgan fingerprint density at radius 3 is 2.94 bits per heavy atom. The summed E-state index contributed by atoms with van der Waals surface area (Å²) in [6.45, 7) is 2.78. The van der Waals surface area contributed by atoms with Crippen LogP contribution in [0.15, 0.2) is 18.2 Å². The monoisotopic (exact) mass is 244 g/mol. The van der Waals surface area contributed by atoms with Crippen molar-refractivity contribution in [3.05, 3.63) is 34.6 Å². The van der Waals surface area contributed by atoms with Crippen LogP contribution in [0.1, 0.15) is 18.9 Å². The van der Waals surface area contributed by atoms with Crippen molar-refractivity contribution in [3.8, 4) is 0 Å². The van der Waals surface area contributed by atoms with Crippen LogP contribution in [0.4, 0.5) is 4.39 Å². The van der Waals surface area contributed by atoms with E-state index in [0.717, 1.165) is 6.42 Å². The van der Waals surface area contributed by atoms with E-state index < -0.39 is 11.4 Å². The second kappa shape index (κ2) is 4.32. The van der Waals surface area contributed by atoms with Crippen molar-refractivity contribution < 1.29 is 14.2 Å². The maximum Gasteiger partial charge on any atom is 0.123 e. The molecule has 0 aliphatic carbocycles. The lowest BCUT2D eigenvalue weighted by atomic mass is 9.82. The zero-order chi connectivity index (χ0) is 11.8. The Morgan fingerprint density at radius 1 is 1.56 bits per heavy atom. The number of halogens is 2. The number of aliphatic hydroxyl groups is 1. The summed E-state index contributed by atoms with van der Waals surface area (Å²) in [6.07, 6.45) is 0.764. The molecule has 1 heterocycles. The van der Waals surface area contributed by atoms with E-state index in [4.69, 9.17) is 16.3 Å². The van der Waals surface area contributed by atoms with Gasteiger partial charge in [-0.3, -0.25) is 0 Å². The van der Waals surface area contributed by atoms with E-state index >= 15 is 0 Å². The average molecular weight is 245 g/mol. The normalized spacial score (nSPS) is 24.4. The van der Waals surface area contributed by atoms with E-state index in [1.165, 1.54) is 18.2 Å². The van der Waals surface area contributed by atoms with E-state index in [1.807, 2.05) is 0 Å². The minimum Gasteiger partial charge on any atom is -0.385 e. The first-order chi connectivity index (χ1) is 7.51. The zero-order valence-corrected chi connectivity index (χ0v) is 9.80. The van der Waals surface area contributed by atoms with Crippen molar-refractivity contribution >= 4 is 11.6 Å². The van der Waals surface area contributed by atoms with Gasteiger partial charge in [0, 0.05) is 23.1 Å². The summed E-state index contributed by atoms with van der Waals surface area (Å²) < 4.78 is 18.4. The second-order valence-corrected chi connectivity index (χ2v) is 4.74. The molecular formula is C12H14ClFO2. The molecule has 88 valence electrons. The average Bonchev–Trinajstić information content (AvgIpc) is 2.75. The third kappa shape index (κ3) is 2.08. The van der Waals surface area contributed by atoms with Crippen molar-refractivity contribution in [2.75, 3.05) is 13.2 Å². The molecule has 2 rings (SSSR count). The largest absolute Gasteiger partial charge is 0.385 e. The smallest absolute Gasteiger partial charge is 0.123 e. The minimum absolute atomic E-state index is 0.0354. The predicted molar refractivity (Wildman–Crippen MR) is 59.9 cm³/mol. The highest BCUT2D eigenvalue weighted by Gasteiger charge is 2.37. The Labute approximate surface area is 99.0 Å². The highest BCUT2D eigenvalue weighted by atomic mass is 35.5. The van der Waals surface area contributed by atoms with Gasteiger partial charge in [0.15, 0.2) is 0 Å². The van der Waals surface area contributed by atoms with E-state index in [-0.39, 0.29) is 5.92 Å². The van der Waals surface area contributed by atoms with Gasteiger partial charge in [0.1, 0.15) is 5.82 Å². The molecule has 1 fully saturated rings. The number of hydrogen-bond acceptors (Lipinski definition) is 2. The molecule has 0 radical (unpaired) electrons.